The lowest BCUT2D eigenvalue weighted by atomic mass is 10.1. The molecule has 0 fully saturated rings. The predicted octanol–water partition coefficient (Wildman–Crippen LogP) is 1.58. The minimum absolute atomic E-state index is 0.0605. The average Bonchev–Trinajstić information content (AvgIpc) is 2.23. The number of aromatic hydroxyl groups is 1. The summed E-state index contributed by atoms with van der Waals surface area (Å²) >= 11 is 1.79. The maximum absolute atomic E-state index is 11.3. The Hall–Kier alpha value is -1.38. The Kier molecular flexibility index (Phi) is 4.67. The summed E-state index contributed by atoms with van der Waals surface area (Å²) in [6.07, 6.45) is 0.0605. The van der Waals surface area contributed by atoms with Gasteiger partial charge in [0, 0.05) is 12.6 Å². The molecule has 0 heterocycles. The lowest BCUT2D eigenvalue weighted by Crippen LogP contribution is -2.24. The summed E-state index contributed by atoms with van der Waals surface area (Å²) in [4.78, 5) is 21.4. The molecule has 6 nitrogen and oxygen atoms in total. The van der Waals surface area contributed by atoms with Crippen molar-refractivity contribution in [2.24, 2.45) is 0 Å². The topological polar surface area (TPSA) is 92.5 Å². The van der Waals surface area contributed by atoms with E-state index in [0.717, 1.165) is 0 Å². The van der Waals surface area contributed by atoms with Gasteiger partial charge in [0.15, 0.2) is 0 Å². The molecular formula is C10H11IN2O4. The molecule has 2 N–H and O–H groups in total. The minimum Gasteiger partial charge on any atom is -0.501 e. The van der Waals surface area contributed by atoms with Crippen molar-refractivity contribution in [3.8, 4) is 5.75 Å². The van der Waals surface area contributed by atoms with E-state index in [9.17, 15) is 20.0 Å². The van der Waals surface area contributed by atoms with Crippen LogP contribution < -0.4 is 5.32 Å². The number of rotatable bonds is 4. The van der Waals surface area contributed by atoms with Crippen molar-refractivity contribution < 1.29 is 14.8 Å². The number of benzene rings is 1. The lowest BCUT2D eigenvalue weighted by Gasteiger charge is -2.05. The number of nitrogens with one attached hydrogen (secondary N) is 1. The highest BCUT2D eigenvalue weighted by Gasteiger charge is 2.18. The molecule has 1 rings (SSSR count). The number of nitro groups is 1. The summed E-state index contributed by atoms with van der Waals surface area (Å²) in [6, 6.07) is 2.77. The van der Waals surface area contributed by atoms with E-state index >= 15 is 0 Å². The summed E-state index contributed by atoms with van der Waals surface area (Å²) in [6.45, 7) is 2.30. The molecule has 17 heavy (non-hydrogen) atoms. The summed E-state index contributed by atoms with van der Waals surface area (Å²) in [5.41, 5.74) is 0.126. The zero-order valence-corrected chi connectivity index (χ0v) is 11.2. The van der Waals surface area contributed by atoms with E-state index in [4.69, 9.17) is 0 Å². The maximum atomic E-state index is 11.3. The molecule has 0 aliphatic rings. The quantitative estimate of drug-likeness (QED) is 0.490. The fourth-order valence-electron chi connectivity index (χ4n) is 1.33. The first-order chi connectivity index (χ1) is 7.95. The van der Waals surface area contributed by atoms with Crippen LogP contribution in [-0.2, 0) is 11.2 Å². The van der Waals surface area contributed by atoms with Gasteiger partial charge < -0.3 is 10.4 Å². The van der Waals surface area contributed by atoms with Crippen LogP contribution in [0.1, 0.15) is 12.5 Å². The van der Waals surface area contributed by atoms with Crippen LogP contribution in [0.4, 0.5) is 5.69 Å². The van der Waals surface area contributed by atoms with Crippen molar-refractivity contribution in [1.29, 1.82) is 0 Å². The van der Waals surface area contributed by atoms with Crippen LogP contribution in [0, 0.1) is 13.7 Å². The van der Waals surface area contributed by atoms with Gasteiger partial charge in [0.1, 0.15) is 0 Å². The highest BCUT2D eigenvalue weighted by atomic mass is 127. The van der Waals surface area contributed by atoms with Gasteiger partial charge >= 0.3 is 5.69 Å². The third kappa shape index (κ3) is 3.55. The second-order valence-corrected chi connectivity index (χ2v) is 4.49. The van der Waals surface area contributed by atoms with Crippen LogP contribution in [0.3, 0.4) is 0 Å². The molecule has 0 radical (unpaired) electrons. The fourth-order valence-corrected chi connectivity index (χ4v) is 2.00. The number of hydrogen-bond donors (Lipinski definition) is 2. The molecule has 1 aromatic carbocycles. The molecule has 0 bridgehead atoms. The molecule has 0 atom stereocenters. The molecule has 0 saturated carbocycles. The molecule has 92 valence electrons. The van der Waals surface area contributed by atoms with Gasteiger partial charge in [0.05, 0.1) is 14.9 Å². The predicted molar refractivity (Wildman–Crippen MR) is 69.9 cm³/mol. The van der Waals surface area contributed by atoms with E-state index in [0.29, 0.717) is 15.7 Å². The molecule has 7 heteroatoms. The van der Waals surface area contributed by atoms with Gasteiger partial charge in [-0.2, -0.15) is 0 Å². The van der Waals surface area contributed by atoms with Crippen LogP contribution in [-0.4, -0.2) is 22.5 Å². The average molecular weight is 350 g/mol. The number of nitrogens with zero attached hydrogens (tertiary/aromatic N) is 1. The van der Waals surface area contributed by atoms with Gasteiger partial charge in [-0.1, -0.05) is 0 Å². The number of carbonyl (C=O) groups excluding carboxylic acids is 1. The number of nitro benzene ring substituents is 1. The molecule has 0 aromatic heterocycles. The van der Waals surface area contributed by atoms with Crippen molar-refractivity contribution in [2.45, 2.75) is 13.3 Å². The summed E-state index contributed by atoms with van der Waals surface area (Å²) < 4.78 is 0.357. The summed E-state index contributed by atoms with van der Waals surface area (Å²) in [5, 5.41) is 22.8. The van der Waals surface area contributed by atoms with Crippen molar-refractivity contribution in [2.75, 3.05) is 6.54 Å². The van der Waals surface area contributed by atoms with Crippen LogP contribution in [0.2, 0.25) is 0 Å². The van der Waals surface area contributed by atoms with Crippen LogP contribution in [0.5, 0.6) is 5.75 Å². The summed E-state index contributed by atoms with van der Waals surface area (Å²) in [5.74, 6) is -0.571. The van der Waals surface area contributed by atoms with E-state index < -0.39 is 4.92 Å². The number of phenols is 1. The van der Waals surface area contributed by atoms with Crippen molar-refractivity contribution in [3.05, 3.63) is 31.4 Å². The Morgan fingerprint density at radius 3 is 2.76 bits per heavy atom. The van der Waals surface area contributed by atoms with Gasteiger partial charge in [0.25, 0.3) is 0 Å². The normalized spacial score (nSPS) is 10.0. The van der Waals surface area contributed by atoms with Gasteiger partial charge in [-0.05, 0) is 41.1 Å². The van der Waals surface area contributed by atoms with Gasteiger partial charge in [-0.15, -0.1) is 0 Å². The highest BCUT2D eigenvalue weighted by Crippen LogP contribution is 2.32. The first-order valence-electron chi connectivity index (χ1n) is 4.88. The second-order valence-electron chi connectivity index (χ2n) is 3.33. The van der Waals surface area contributed by atoms with Gasteiger partial charge in [-0.25, -0.2) is 0 Å². The number of hydrogen-bond acceptors (Lipinski definition) is 4. The monoisotopic (exact) mass is 350 g/mol. The third-order valence-electron chi connectivity index (χ3n) is 2.04. The first kappa shape index (κ1) is 13.7. The number of carbonyl (C=O) groups is 1. The number of phenolic OH excluding ortho intramolecular Hbond substituents is 1. The zero-order chi connectivity index (χ0) is 13.0. The SMILES string of the molecule is CCNC(=O)Cc1cc(I)c(O)c([N+](=O)[O-])c1. The van der Waals surface area contributed by atoms with E-state index in [1.165, 1.54) is 6.07 Å². The van der Waals surface area contributed by atoms with Crippen LogP contribution >= 0.6 is 22.6 Å². The molecule has 0 spiro atoms. The van der Waals surface area contributed by atoms with E-state index in [1.807, 2.05) is 0 Å². The smallest absolute Gasteiger partial charge is 0.312 e. The van der Waals surface area contributed by atoms with Gasteiger partial charge in [0.2, 0.25) is 11.7 Å². The number of halogens is 1. The molecule has 0 unspecified atom stereocenters. The second kappa shape index (κ2) is 5.80. The van der Waals surface area contributed by atoms with Crippen molar-refractivity contribution >= 4 is 34.2 Å². The van der Waals surface area contributed by atoms with Crippen molar-refractivity contribution in [1.82, 2.24) is 5.32 Å². The standard InChI is InChI=1S/C10H11IN2O4/c1-2-12-9(14)5-6-3-7(11)10(15)8(4-6)13(16)17/h3-4,15H,2,5H2,1H3,(H,12,14). The van der Waals surface area contributed by atoms with E-state index in [2.05, 4.69) is 5.32 Å². The Morgan fingerprint density at radius 1 is 1.59 bits per heavy atom. The molecular weight excluding hydrogens is 339 g/mol. The fraction of sp³-hybridized carbons (Fsp3) is 0.300. The first-order valence-corrected chi connectivity index (χ1v) is 5.96. The van der Waals surface area contributed by atoms with Crippen molar-refractivity contribution in [3.63, 3.8) is 0 Å². The van der Waals surface area contributed by atoms with E-state index in [-0.39, 0.29) is 23.8 Å². The Bertz CT molecular complexity index is 462. The molecule has 0 saturated heterocycles. The lowest BCUT2D eigenvalue weighted by molar-refractivity contribution is -0.386. The molecule has 1 aromatic rings. The zero-order valence-electron chi connectivity index (χ0n) is 9.07. The maximum Gasteiger partial charge on any atom is 0.312 e. The molecule has 0 aliphatic carbocycles. The summed E-state index contributed by atoms with van der Waals surface area (Å²) in [7, 11) is 0. The number of likely N-dealkylation sites (N-methyl/N-ethyl adjacent to an activating group) is 1. The molecule has 1 amide bonds. The largest absolute Gasteiger partial charge is 0.501 e. The Balaban J connectivity index is 3.02. The minimum atomic E-state index is -0.668. The molecule has 0 aliphatic heterocycles. The van der Waals surface area contributed by atoms with Gasteiger partial charge in [-0.3, -0.25) is 14.9 Å². The highest BCUT2D eigenvalue weighted by molar-refractivity contribution is 14.1. The Morgan fingerprint density at radius 2 is 2.24 bits per heavy atom. The van der Waals surface area contributed by atoms with Crippen LogP contribution in [0.15, 0.2) is 12.1 Å². The Labute approximate surface area is 111 Å². The van der Waals surface area contributed by atoms with E-state index in [1.54, 1.807) is 35.6 Å². The third-order valence-corrected chi connectivity index (χ3v) is 2.86. The van der Waals surface area contributed by atoms with Crippen LogP contribution in [0.25, 0.3) is 0 Å². The number of amides is 1.